The van der Waals surface area contributed by atoms with Crippen LogP contribution in [0.25, 0.3) is 0 Å². The number of nitrogens with two attached hydrogens (primary N) is 1. The molecule has 3 amide bonds. The Labute approximate surface area is 219 Å². The Kier molecular flexibility index (Phi) is 11.4. The number of hydrogen-bond donors (Lipinski definition) is 7. The summed E-state index contributed by atoms with van der Waals surface area (Å²) in [6.45, 7) is 3.60. The molecule has 0 saturated carbocycles. The molecule has 13 nitrogen and oxygen atoms in total. The van der Waals surface area contributed by atoms with Gasteiger partial charge in [-0.15, -0.1) is 0 Å². The van der Waals surface area contributed by atoms with Gasteiger partial charge in [0.2, 0.25) is 17.7 Å². The van der Waals surface area contributed by atoms with Crippen molar-refractivity contribution in [3.05, 3.63) is 54.1 Å². The molecule has 1 aromatic heterocycles. The summed E-state index contributed by atoms with van der Waals surface area (Å²) < 4.78 is 0. The second-order valence-electron chi connectivity index (χ2n) is 9.33. The van der Waals surface area contributed by atoms with E-state index in [4.69, 9.17) is 5.73 Å². The lowest BCUT2D eigenvalue weighted by Crippen LogP contribution is -2.58. The van der Waals surface area contributed by atoms with Crippen molar-refractivity contribution in [3.63, 3.8) is 0 Å². The van der Waals surface area contributed by atoms with E-state index in [0.29, 0.717) is 5.69 Å². The zero-order valence-corrected chi connectivity index (χ0v) is 21.2. The van der Waals surface area contributed by atoms with Crippen LogP contribution >= 0.6 is 0 Å². The molecule has 0 aliphatic heterocycles. The van der Waals surface area contributed by atoms with E-state index in [2.05, 4.69) is 25.9 Å². The molecule has 13 heteroatoms. The van der Waals surface area contributed by atoms with E-state index in [1.165, 1.54) is 12.5 Å². The van der Waals surface area contributed by atoms with Gasteiger partial charge in [0.1, 0.15) is 18.1 Å². The average molecular weight is 531 g/mol. The van der Waals surface area contributed by atoms with Gasteiger partial charge < -0.3 is 36.9 Å². The molecule has 4 unspecified atom stereocenters. The molecule has 0 aliphatic carbocycles. The minimum absolute atomic E-state index is 0.0349. The highest BCUT2D eigenvalue weighted by molar-refractivity contribution is 5.95. The van der Waals surface area contributed by atoms with Crippen LogP contribution in [0.2, 0.25) is 0 Å². The molecule has 0 radical (unpaired) electrons. The zero-order valence-electron chi connectivity index (χ0n) is 21.2. The molecule has 0 fully saturated rings. The number of aromatic amines is 1. The number of aliphatic carboxylic acids is 2. The first-order valence-electron chi connectivity index (χ1n) is 12.1. The van der Waals surface area contributed by atoms with Crippen LogP contribution in [-0.4, -0.2) is 74.0 Å². The van der Waals surface area contributed by atoms with Crippen LogP contribution in [0.5, 0.6) is 0 Å². The first-order chi connectivity index (χ1) is 18.0. The predicted octanol–water partition coefficient (Wildman–Crippen LogP) is -0.418. The number of carbonyl (C=O) groups excluding carboxylic acids is 3. The Hall–Kier alpha value is -4.26. The number of hydrogen-bond acceptors (Lipinski definition) is 7. The van der Waals surface area contributed by atoms with Gasteiger partial charge >= 0.3 is 11.9 Å². The third kappa shape index (κ3) is 10.0. The molecule has 1 aromatic carbocycles. The van der Waals surface area contributed by atoms with Gasteiger partial charge in [-0.3, -0.25) is 19.2 Å². The van der Waals surface area contributed by atoms with E-state index in [0.717, 1.165) is 5.56 Å². The number of carboxylic acid groups (broad SMARTS) is 2. The largest absolute Gasteiger partial charge is 0.481 e. The smallest absolute Gasteiger partial charge is 0.326 e. The molecular weight excluding hydrogens is 496 g/mol. The van der Waals surface area contributed by atoms with Gasteiger partial charge in [0, 0.05) is 18.3 Å². The predicted molar refractivity (Wildman–Crippen MR) is 136 cm³/mol. The third-order valence-corrected chi connectivity index (χ3v) is 5.58. The maximum Gasteiger partial charge on any atom is 0.326 e. The topological polar surface area (TPSA) is 217 Å². The molecule has 206 valence electrons. The van der Waals surface area contributed by atoms with Gasteiger partial charge in [-0.2, -0.15) is 0 Å². The SMILES string of the molecule is CC(C)CC(NC(=O)C(Cc1cnc[nH]1)NC(=O)C(CC(=O)O)NC(=O)C(N)Cc1ccccc1)C(=O)O. The Balaban J connectivity index is 2.17. The lowest BCUT2D eigenvalue weighted by Gasteiger charge is -2.25. The van der Waals surface area contributed by atoms with Gasteiger partial charge in [-0.05, 0) is 24.3 Å². The fourth-order valence-corrected chi connectivity index (χ4v) is 3.69. The number of aromatic nitrogens is 2. The minimum atomic E-state index is -1.54. The molecule has 8 N–H and O–H groups in total. The van der Waals surface area contributed by atoms with Gasteiger partial charge in [0.15, 0.2) is 0 Å². The van der Waals surface area contributed by atoms with E-state index < -0.39 is 60.2 Å². The zero-order chi connectivity index (χ0) is 28.2. The summed E-state index contributed by atoms with van der Waals surface area (Å²) >= 11 is 0. The highest BCUT2D eigenvalue weighted by atomic mass is 16.4. The molecule has 4 atom stereocenters. The number of imidazole rings is 1. The van der Waals surface area contributed by atoms with Crippen LogP contribution in [0.1, 0.15) is 37.9 Å². The van der Waals surface area contributed by atoms with Crippen molar-refractivity contribution in [2.75, 3.05) is 0 Å². The van der Waals surface area contributed by atoms with E-state index >= 15 is 0 Å². The molecule has 1 heterocycles. The fourth-order valence-electron chi connectivity index (χ4n) is 3.69. The van der Waals surface area contributed by atoms with Crippen molar-refractivity contribution in [3.8, 4) is 0 Å². The van der Waals surface area contributed by atoms with Crippen molar-refractivity contribution in [1.29, 1.82) is 0 Å². The quantitative estimate of drug-likeness (QED) is 0.159. The van der Waals surface area contributed by atoms with Crippen molar-refractivity contribution >= 4 is 29.7 Å². The van der Waals surface area contributed by atoms with Crippen molar-refractivity contribution < 1.29 is 34.2 Å². The number of nitrogens with zero attached hydrogens (tertiary/aromatic N) is 1. The van der Waals surface area contributed by atoms with E-state index in [1.54, 1.807) is 44.2 Å². The Morgan fingerprint density at radius 2 is 1.50 bits per heavy atom. The summed E-state index contributed by atoms with van der Waals surface area (Å²) in [7, 11) is 0. The lowest BCUT2D eigenvalue weighted by molar-refractivity contribution is -0.143. The van der Waals surface area contributed by atoms with Crippen LogP contribution in [0.3, 0.4) is 0 Å². The number of H-pyrrole nitrogens is 1. The van der Waals surface area contributed by atoms with Crippen molar-refractivity contribution in [2.45, 2.75) is 63.7 Å². The van der Waals surface area contributed by atoms with Crippen LogP contribution in [0.15, 0.2) is 42.9 Å². The first-order valence-corrected chi connectivity index (χ1v) is 12.1. The lowest BCUT2D eigenvalue weighted by atomic mass is 10.0. The monoisotopic (exact) mass is 530 g/mol. The van der Waals surface area contributed by atoms with Crippen molar-refractivity contribution in [1.82, 2.24) is 25.9 Å². The maximum atomic E-state index is 13.1. The molecule has 2 rings (SSSR count). The van der Waals surface area contributed by atoms with Crippen LogP contribution in [0.4, 0.5) is 0 Å². The van der Waals surface area contributed by atoms with E-state index in [-0.39, 0.29) is 25.2 Å². The number of carboxylic acids is 2. The minimum Gasteiger partial charge on any atom is -0.481 e. The highest BCUT2D eigenvalue weighted by Gasteiger charge is 2.32. The standard InChI is InChI=1S/C25H34N6O7/c1-14(2)8-20(25(37)38)31-23(35)18(10-16-12-27-13-28-16)30-24(36)19(11-21(32)33)29-22(34)17(26)9-15-6-4-3-5-7-15/h3-7,12-14,17-20H,8-11,26H2,1-2H3,(H,27,28)(H,29,34)(H,30,36)(H,31,35)(H,32,33)(H,37,38). The molecule has 0 spiro atoms. The fraction of sp³-hybridized carbons (Fsp3) is 0.440. The van der Waals surface area contributed by atoms with Gasteiger partial charge in [-0.25, -0.2) is 9.78 Å². The van der Waals surface area contributed by atoms with Gasteiger partial charge in [0.05, 0.1) is 18.8 Å². The molecule has 0 aliphatic rings. The summed E-state index contributed by atoms with van der Waals surface area (Å²) in [6.07, 6.45) is 2.25. The molecule has 0 saturated heterocycles. The van der Waals surface area contributed by atoms with Gasteiger partial charge in [-0.1, -0.05) is 44.2 Å². The second kappa shape index (κ2) is 14.5. The molecular formula is C25H34N6O7. The Morgan fingerprint density at radius 3 is 2.05 bits per heavy atom. The summed E-state index contributed by atoms with van der Waals surface area (Å²) in [4.78, 5) is 68.5. The number of nitrogens with one attached hydrogen (secondary N) is 4. The summed E-state index contributed by atoms with van der Waals surface area (Å²) in [5.41, 5.74) is 7.21. The number of rotatable bonds is 15. The second-order valence-corrected chi connectivity index (χ2v) is 9.33. The summed E-state index contributed by atoms with van der Waals surface area (Å²) in [6, 6.07) is 3.83. The number of benzene rings is 1. The van der Waals surface area contributed by atoms with Crippen LogP contribution < -0.4 is 21.7 Å². The van der Waals surface area contributed by atoms with Gasteiger partial charge in [0.25, 0.3) is 0 Å². The molecule has 2 aromatic rings. The average Bonchev–Trinajstić information content (AvgIpc) is 3.35. The molecule has 38 heavy (non-hydrogen) atoms. The van der Waals surface area contributed by atoms with E-state index in [9.17, 15) is 34.2 Å². The summed E-state index contributed by atoms with van der Waals surface area (Å²) in [5, 5.41) is 26.0. The van der Waals surface area contributed by atoms with E-state index in [1.807, 2.05) is 0 Å². The van der Waals surface area contributed by atoms with Crippen LogP contribution in [0, 0.1) is 5.92 Å². The number of amides is 3. The Bertz CT molecular complexity index is 1090. The van der Waals surface area contributed by atoms with Crippen molar-refractivity contribution in [2.24, 2.45) is 11.7 Å². The molecule has 0 bridgehead atoms. The number of carbonyl (C=O) groups is 5. The van der Waals surface area contributed by atoms with Crippen LogP contribution in [-0.2, 0) is 36.8 Å². The summed E-state index contributed by atoms with van der Waals surface area (Å²) in [5.74, 6) is -5.10. The third-order valence-electron chi connectivity index (χ3n) is 5.58. The first kappa shape index (κ1) is 30.0. The maximum absolute atomic E-state index is 13.1. The highest BCUT2D eigenvalue weighted by Crippen LogP contribution is 2.08. The Morgan fingerprint density at radius 1 is 0.895 bits per heavy atom. The normalized spacial score (nSPS) is 14.1.